The number of hydrogen-bond acceptors (Lipinski definition) is 4. The van der Waals surface area contributed by atoms with Gasteiger partial charge in [0.2, 0.25) is 5.91 Å². The molecule has 0 bridgehead atoms. The lowest BCUT2D eigenvalue weighted by atomic mass is 10.2. The summed E-state index contributed by atoms with van der Waals surface area (Å²) in [5.41, 5.74) is 1.56. The molecule has 0 saturated carbocycles. The van der Waals surface area contributed by atoms with E-state index in [1.807, 2.05) is 13.8 Å². The quantitative estimate of drug-likeness (QED) is 0.484. The lowest BCUT2D eigenvalue weighted by Crippen LogP contribution is -2.38. The zero-order chi connectivity index (χ0) is 23.3. The lowest BCUT2D eigenvalue weighted by molar-refractivity contribution is -0.114. The highest BCUT2D eigenvalue weighted by Crippen LogP contribution is 2.29. The summed E-state index contributed by atoms with van der Waals surface area (Å²) in [6.07, 6.45) is 0.0353. The summed E-state index contributed by atoms with van der Waals surface area (Å²) in [5.74, 6) is 0.197. The van der Waals surface area contributed by atoms with Crippen molar-refractivity contribution in [3.8, 4) is 5.75 Å². The molecule has 0 fully saturated rings. The fraction of sp³-hybridized carbons (Fsp3) is 0.208. The third kappa shape index (κ3) is 5.81. The molecular formula is C24H25ClN2O4S. The maximum Gasteiger partial charge on any atom is 0.264 e. The van der Waals surface area contributed by atoms with Crippen LogP contribution in [0.1, 0.15) is 19.4 Å². The molecule has 168 valence electrons. The van der Waals surface area contributed by atoms with Gasteiger partial charge in [0.05, 0.1) is 16.7 Å². The van der Waals surface area contributed by atoms with E-state index < -0.39 is 22.5 Å². The van der Waals surface area contributed by atoms with E-state index >= 15 is 0 Å². The second-order valence-electron chi connectivity index (χ2n) is 7.49. The van der Waals surface area contributed by atoms with Gasteiger partial charge in [0.25, 0.3) is 10.0 Å². The number of hydrogen-bond donors (Lipinski definition) is 1. The van der Waals surface area contributed by atoms with Crippen LogP contribution in [-0.2, 0) is 14.8 Å². The number of sulfonamides is 1. The van der Waals surface area contributed by atoms with E-state index in [0.717, 1.165) is 4.31 Å². The Labute approximate surface area is 193 Å². The Morgan fingerprint density at radius 3 is 2.31 bits per heavy atom. The van der Waals surface area contributed by atoms with E-state index in [4.69, 9.17) is 16.3 Å². The van der Waals surface area contributed by atoms with Crippen molar-refractivity contribution in [2.75, 3.05) is 16.2 Å². The molecule has 0 spiro atoms. The van der Waals surface area contributed by atoms with Crippen LogP contribution in [0.2, 0.25) is 5.02 Å². The highest BCUT2D eigenvalue weighted by atomic mass is 35.5. The number of halogens is 1. The largest absolute Gasteiger partial charge is 0.491 e. The summed E-state index contributed by atoms with van der Waals surface area (Å²) in [4.78, 5) is 12.9. The minimum Gasteiger partial charge on any atom is -0.491 e. The normalized spacial score (nSPS) is 11.3. The van der Waals surface area contributed by atoms with Gasteiger partial charge in [0.15, 0.2) is 0 Å². The van der Waals surface area contributed by atoms with Gasteiger partial charge >= 0.3 is 0 Å². The molecule has 0 aliphatic carbocycles. The first-order valence-electron chi connectivity index (χ1n) is 10.1. The minimum absolute atomic E-state index is 0.0353. The van der Waals surface area contributed by atoms with Crippen molar-refractivity contribution in [3.05, 3.63) is 83.4 Å². The smallest absolute Gasteiger partial charge is 0.264 e. The van der Waals surface area contributed by atoms with E-state index in [9.17, 15) is 13.2 Å². The Balaban J connectivity index is 1.89. The average molecular weight is 473 g/mol. The number of carbonyl (C=O) groups excluding carboxylic acids is 1. The summed E-state index contributed by atoms with van der Waals surface area (Å²) in [6.45, 7) is 5.21. The van der Waals surface area contributed by atoms with Gasteiger partial charge in [0, 0.05) is 10.7 Å². The first-order valence-corrected chi connectivity index (χ1v) is 11.9. The number of ether oxygens (including phenoxy) is 1. The minimum atomic E-state index is -4.01. The number of carbonyl (C=O) groups is 1. The van der Waals surface area contributed by atoms with Crippen LogP contribution in [0.4, 0.5) is 11.4 Å². The van der Waals surface area contributed by atoms with E-state index in [2.05, 4.69) is 5.32 Å². The molecule has 0 unspecified atom stereocenters. The van der Waals surface area contributed by atoms with E-state index in [-0.39, 0.29) is 11.0 Å². The molecule has 0 aliphatic rings. The van der Waals surface area contributed by atoms with Crippen molar-refractivity contribution < 1.29 is 17.9 Å². The molecule has 0 atom stereocenters. The molecule has 0 radical (unpaired) electrons. The van der Waals surface area contributed by atoms with Gasteiger partial charge in [-0.05, 0) is 74.9 Å². The second kappa shape index (κ2) is 10.1. The summed E-state index contributed by atoms with van der Waals surface area (Å²) in [6, 6.07) is 19.8. The Morgan fingerprint density at radius 2 is 1.69 bits per heavy atom. The van der Waals surface area contributed by atoms with Gasteiger partial charge in [-0.25, -0.2) is 8.42 Å². The summed E-state index contributed by atoms with van der Waals surface area (Å²) in [7, 11) is -4.01. The van der Waals surface area contributed by atoms with Crippen molar-refractivity contribution in [2.45, 2.75) is 31.8 Å². The van der Waals surface area contributed by atoms with Crippen LogP contribution in [0, 0.1) is 6.92 Å². The summed E-state index contributed by atoms with van der Waals surface area (Å²) in [5, 5.41) is 3.12. The van der Waals surface area contributed by atoms with Gasteiger partial charge in [-0.2, -0.15) is 0 Å². The predicted molar refractivity (Wildman–Crippen MR) is 128 cm³/mol. The summed E-state index contributed by atoms with van der Waals surface area (Å²) >= 11 is 6.14. The third-order valence-corrected chi connectivity index (χ3v) is 6.58. The molecule has 8 heteroatoms. The number of aryl methyl sites for hydroxylation is 1. The number of nitrogens with one attached hydrogen (secondary N) is 1. The fourth-order valence-electron chi connectivity index (χ4n) is 3.09. The predicted octanol–water partition coefficient (Wildman–Crippen LogP) is 5.27. The maximum atomic E-state index is 13.4. The molecule has 0 aliphatic heterocycles. The van der Waals surface area contributed by atoms with Crippen LogP contribution in [0.15, 0.2) is 77.7 Å². The van der Waals surface area contributed by atoms with Gasteiger partial charge in [0.1, 0.15) is 12.3 Å². The van der Waals surface area contributed by atoms with Crippen molar-refractivity contribution in [1.29, 1.82) is 0 Å². The van der Waals surface area contributed by atoms with Gasteiger partial charge < -0.3 is 10.1 Å². The fourth-order valence-corrected chi connectivity index (χ4v) is 4.76. The van der Waals surface area contributed by atoms with E-state index in [0.29, 0.717) is 27.7 Å². The first kappa shape index (κ1) is 23.6. The molecule has 3 rings (SSSR count). The van der Waals surface area contributed by atoms with Crippen LogP contribution in [0.25, 0.3) is 0 Å². The molecule has 3 aromatic carbocycles. The molecule has 0 aromatic heterocycles. The van der Waals surface area contributed by atoms with Crippen molar-refractivity contribution in [2.24, 2.45) is 0 Å². The zero-order valence-electron chi connectivity index (χ0n) is 18.1. The molecule has 6 nitrogen and oxygen atoms in total. The Hall–Kier alpha value is -3.03. The van der Waals surface area contributed by atoms with E-state index in [1.165, 1.54) is 12.1 Å². The van der Waals surface area contributed by atoms with Crippen LogP contribution < -0.4 is 14.4 Å². The Kier molecular flexibility index (Phi) is 7.43. The number of nitrogens with zero attached hydrogens (tertiary/aromatic N) is 1. The summed E-state index contributed by atoms with van der Waals surface area (Å²) < 4.78 is 33.5. The number of anilines is 2. The molecule has 1 amide bonds. The van der Waals surface area contributed by atoms with Gasteiger partial charge in [-0.15, -0.1) is 0 Å². The second-order valence-corrected chi connectivity index (χ2v) is 9.79. The van der Waals surface area contributed by atoms with Crippen molar-refractivity contribution in [1.82, 2.24) is 0 Å². The van der Waals surface area contributed by atoms with Crippen molar-refractivity contribution in [3.63, 3.8) is 0 Å². The van der Waals surface area contributed by atoms with Gasteiger partial charge in [-0.3, -0.25) is 9.10 Å². The molecule has 0 heterocycles. The van der Waals surface area contributed by atoms with Crippen LogP contribution in [0.3, 0.4) is 0 Å². The molecule has 0 saturated heterocycles. The zero-order valence-corrected chi connectivity index (χ0v) is 19.7. The monoisotopic (exact) mass is 472 g/mol. The van der Waals surface area contributed by atoms with Crippen LogP contribution in [-0.4, -0.2) is 27.0 Å². The SMILES string of the molecule is Cc1ccc(Cl)cc1N(CC(=O)Nc1ccc(OC(C)C)cc1)S(=O)(=O)c1ccccc1. The highest BCUT2D eigenvalue weighted by Gasteiger charge is 2.28. The topological polar surface area (TPSA) is 75.7 Å². The molecule has 1 N–H and O–H groups in total. The Morgan fingerprint density at radius 1 is 1.03 bits per heavy atom. The molecule has 32 heavy (non-hydrogen) atoms. The average Bonchev–Trinajstić information content (AvgIpc) is 2.75. The van der Waals surface area contributed by atoms with Crippen molar-refractivity contribution >= 4 is 38.9 Å². The molecule has 3 aromatic rings. The lowest BCUT2D eigenvalue weighted by Gasteiger charge is -2.26. The van der Waals surface area contributed by atoms with E-state index in [1.54, 1.807) is 67.6 Å². The number of rotatable bonds is 8. The molecular weight excluding hydrogens is 448 g/mol. The van der Waals surface area contributed by atoms with Crippen LogP contribution in [0.5, 0.6) is 5.75 Å². The van der Waals surface area contributed by atoms with Gasteiger partial charge in [-0.1, -0.05) is 35.9 Å². The standard InChI is InChI=1S/C24H25ClN2O4S/c1-17(2)31-21-13-11-20(12-14-21)26-24(28)16-27(23-15-19(25)10-9-18(23)3)32(29,30)22-7-5-4-6-8-22/h4-15,17H,16H2,1-3H3,(H,26,28). The first-order chi connectivity index (χ1) is 15.2. The maximum absolute atomic E-state index is 13.4. The third-order valence-electron chi connectivity index (χ3n) is 4.57. The Bertz CT molecular complexity index is 1180. The number of benzene rings is 3. The highest BCUT2D eigenvalue weighted by molar-refractivity contribution is 7.92. The van der Waals surface area contributed by atoms with Crippen LogP contribution >= 0.6 is 11.6 Å². The number of amides is 1.